The van der Waals surface area contributed by atoms with Gasteiger partial charge < -0.3 is 25.0 Å². The van der Waals surface area contributed by atoms with Crippen LogP contribution in [0.3, 0.4) is 0 Å². The smallest absolute Gasteiger partial charge is 0.315 e. The standard InChI is InChI=1S/C18H26N4O4/c1-13(2)20-18(24)19-10-17(23)22-7-5-21(6-8-22)11-14-3-4-15-16(9-14)26-12-25-15/h3-4,9,13H,5-8,10-12H2,1-2H3,(H2,19,20,24). The summed E-state index contributed by atoms with van der Waals surface area (Å²) < 4.78 is 10.7. The van der Waals surface area contributed by atoms with Crippen LogP contribution in [-0.2, 0) is 11.3 Å². The summed E-state index contributed by atoms with van der Waals surface area (Å²) in [6.07, 6.45) is 0. The molecule has 3 rings (SSSR count). The number of amides is 3. The molecule has 26 heavy (non-hydrogen) atoms. The molecule has 0 radical (unpaired) electrons. The molecule has 0 spiro atoms. The summed E-state index contributed by atoms with van der Waals surface area (Å²) in [5, 5.41) is 5.31. The van der Waals surface area contributed by atoms with E-state index in [0.29, 0.717) is 13.1 Å². The predicted octanol–water partition coefficient (Wildman–Crippen LogP) is 0.767. The normalized spacial score (nSPS) is 16.7. The summed E-state index contributed by atoms with van der Waals surface area (Å²) in [5.41, 5.74) is 1.17. The largest absolute Gasteiger partial charge is 0.454 e. The third-order valence-electron chi connectivity index (χ3n) is 4.39. The van der Waals surface area contributed by atoms with Crippen LogP contribution in [0.1, 0.15) is 19.4 Å². The first kappa shape index (κ1) is 18.3. The van der Waals surface area contributed by atoms with Gasteiger partial charge in [0.15, 0.2) is 11.5 Å². The second-order valence-electron chi connectivity index (χ2n) is 6.83. The third kappa shape index (κ3) is 4.78. The number of carbonyl (C=O) groups excluding carboxylic acids is 2. The highest BCUT2D eigenvalue weighted by Crippen LogP contribution is 2.32. The van der Waals surface area contributed by atoms with Crippen LogP contribution in [0.15, 0.2) is 18.2 Å². The zero-order valence-electron chi connectivity index (χ0n) is 15.3. The van der Waals surface area contributed by atoms with E-state index in [2.05, 4.69) is 15.5 Å². The van der Waals surface area contributed by atoms with Crippen molar-refractivity contribution >= 4 is 11.9 Å². The number of carbonyl (C=O) groups is 2. The zero-order chi connectivity index (χ0) is 18.5. The molecule has 1 aromatic carbocycles. The molecule has 0 bridgehead atoms. The van der Waals surface area contributed by atoms with Crippen LogP contribution in [0.2, 0.25) is 0 Å². The third-order valence-corrected chi connectivity index (χ3v) is 4.39. The van der Waals surface area contributed by atoms with Gasteiger partial charge in [0.05, 0.1) is 6.54 Å². The molecule has 8 nitrogen and oxygen atoms in total. The maximum Gasteiger partial charge on any atom is 0.315 e. The van der Waals surface area contributed by atoms with E-state index < -0.39 is 0 Å². The lowest BCUT2D eigenvalue weighted by atomic mass is 10.1. The number of benzene rings is 1. The molecular formula is C18H26N4O4. The number of urea groups is 1. The van der Waals surface area contributed by atoms with Gasteiger partial charge in [-0.1, -0.05) is 6.07 Å². The predicted molar refractivity (Wildman–Crippen MR) is 96.1 cm³/mol. The molecule has 3 amide bonds. The zero-order valence-corrected chi connectivity index (χ0v) is 15.3. The minimum Gasteiger partial charge on any atom is -0.454 e. The maximum absolute atomic E-state index is 12.2. The lowest BCUT2D eigenvalue weighted by Crippen LogP contribution is -2.51. The molecule has 0 atom stereocenters. The second-order valence-corrected chi connectivity index (χ2v) is 6.83. The van der Waals surface area contributed by atoms with Crippen LogP contribution >= 0.6 is 0 Å². The van der Waals surface area contributed by atoms with Crippen molar-refractivity contribution < 1.29 is 19.1 Å². The molecule has 0 aromatic heterocycles. The molecular weight excluding hydrogens is 336 g/mol. The molecule has 8 heteroatoms. The average molecular weight is 362 g/mol. The minimum atomic E-state index is -0.310. The van der Waals surface area contributed by atoms with E-state index in [1.54, 1.807) is 4.90 Å². The number of ether oxygens (including phenoxy) is 2. The van der Waals surface area contributed by atoms with Crippen molar-refractivity contribution in [3.63, 3.8) is 0 Å². The van der Waals surface area contributed by atoms with E-state index in [-0.39, 0.29) is 31.3 Å². The molecule has 0 aliphatic carbocycles. The number of nitrogens with zero attached hydrogens (tertiary/aromatic N) is 2. The highest BCUT2D eigenvalue weighted by atomic mass is 16.7. The molecule has 2 heterocycles. The number of rotatable bonds is 5. The van der Waals surface area contributed by atoms with Crippen molar-refractivity contribution in [2.75, 3.05) is 39.5 Å². The maximum atomic E-state index is 12.2. The molecule has 2 aliphatic rings. The summed E-state index contributed by atoms with van der Waals surface area (Å²) in [5.74, 6) is 1.53. The lowest BCUT2D eigenvalue weighted by molar-refractivity contribution is -0.131. The van der Waals surface area contributed by atoms with E-state index >= 15 is 0 Å². The number of hydrogen-bond acceptors (Lipinski definition) is 5. The van der Waals surface area contributed by atoms with Crippen LogP contribution in [0.5, 0.6) is 11.5 Å². The van der Waals surface area contributed by atoms with Gasteiger partial charge in [-0.15, -0.1) is 0 Å². The summed E-state index contributed by atoms with van der Waals surface area (Å²) in [7, 11) is 0. The summed E-state index contributed by atoms with van der Waals surface area (Å²) in [6.45, 7) is 7.81. The molecule has 0 unspecified atom stereocenters. The fourth-order valence-electron chi connectivity index (χ4n) is 3.03. The van der Waals surface area contributed by atoms with E-state index in [0.717, 1.165) is 31.1 Å². The molecule has 2 aliphatic heterocycles. The molecule has 1 aromatic rings. The Labute approximate surface area is 153 Å². The van der Waals surface area contributed by atoms with Crippen molar-refractivity contribution in [2.24, 2.45) is 0 Å². The Morgan fingerprint density at radius 2 is 1.85 bits per heavy atom. The van der Waals surface area contributed by atoms with E-state index in [1.807, 2.05) is 32.0 Å². The van der Waals surface area contributed by atoms with Crippen molar-refractivity contribution in [1.29, 1.82) is 0 Å². The van der Waals surface area contributed by atoms with E-state index in [9.17, 15) is 9.59 Å². The van der Waals surface area contributed by atoms with Crippen molar-refractivity contribution in [1.82, 2.24) is 20.4 Å². The Kier molecular flexibility index (Phi) is 5.82. The van der Waals surface area contributed by atoms with Gasteiger partial charge in [0.2, 0.25) is 12.7 Å². The van der Waals surface area contributed by atoms with Crippen molar-refractivity contribution in [2.45, 2.75) is 26.4 Å². The highest BCUT2D eigenvalue weighted by molar-refractivity contribution is 5.84. The molecule has 0 saturated carbocycles. The van der Waals surface area contributed by atoms with Gasteiger partial charge in [0.25, 0.3) is 0 Å². The second kappa shape index (κ2) is 8.27. The van der Waals surface area contributed by atoms with Crippen molar-refractivity contribution in [3.8, 4) is 11.5 Å². The van der Waals surface area contributed by atoms with Gasteiger partial charge >= 0.3 is 6.03 Å². The van der Waals surface area contributed by atoms with Gasteiger partial charge in [-0.3, -0.25) is 9.69 Å². The molecule has 142 valence electrons. The minimum absolute atomic E-state index is 0.0285. The van der Waals surface area contributed by atoms with Gasteiger partial charge in [0.1, 0.15) is 0 Å². The summed E-state index contributed by atoms with van der Waals surface area (Å²) in [6, 6.07) is 5.73. The van der Waals surface area contributed by atoms with Gasteiger partial charge in [-0.05, 0) is 31.5 Å². The Hall–Kier alpha value is -2.48. The van der Waals surface area contributed by atoms with E-state index in [4.69, 9.17) is 9.47 Å². The van der Waals surface area contributed by atoms with Crippen LogP contribution in [0.4, 0.5) is 4.79 Å². The summed E-state index contributed by atoms with van der Waals surface area (Å²) >= 11 is 0. The van der Waals surface area contributed by atoms with Gasteiger partial charge in [-0.2, -0.15) is 0 Å². The van der Waals surface area contributed by atoms with Crippen LogP contribution < -0.4 is 20.1 Å². The van der Waals surface area contributed by atoms with Crippen LogP contribution in [0, 0.1) is 0 Å². The van der Waals surface area contributed by atoms with Gasteiger partial charge in [-0.25, -0.2) is 4.79 Å². The Balaban J connectivity index is 1.41. The number of fused-ring (bicyclic) bond motifs is 1. The highest BCUT2D eigenvalue weighted by Gasteiger charge is 2.22. The van der Waals surface area contributed by atoms with Crippen LogP contribution in [0.25, 0.3) is 0 Å². The SMILES string of the molecule is CC(C)NC(=O)NCC(=O)N1CCN(Cc2ccc3c(c2)OCO3)CC1. The number of nitrogens with one attached hydrogen (secondary N) is 2. The van der Waals surface area contributed by atoms with E-state index in [1.165, 1.54) is 5.56 Å². The molecule has 2 N–H and O–H groups in total. The fourth-order valence-corrected chi connectivity index (χ4v) is 3.03. The lowest BCUT2D eigenvalue weighted by Gasteiger charge is -2.34. The first-order chi connectivity index (χ1) is 12.5. The Bertz CT molecular complexity index is 657. The van der Waals surface area contributed by atoms with Crippen molar-refractivity contribution in [3.05, 3.63) is 23.8 Å². The number of piperazine rings is 1. The fraction of sp³-hybridized carbons (Fsp3) is 0.556. The average Bonchev–Trinajstić information content (AvgIpc) is 3.07. The Morgan fingerprint density at radius 3 is 2.58 bits per heavy atom. The summed E-state index contributed by atoms with van der Waals surface area (Å²) in [4.78, 5) is 27.9. The quantitative estimate of drug-likeness (QED) is 0.808. The topological polar surface area (TPSA) is 83.1 Å². The first-order valence-corrected chi connectivity index (χ1v) is 8.94. The molecule has 1 saturated heterocycles. The Morgan fingerprint density at radius 1 is 1.12 bits per heavy atom. The van der Waals surface area contributed by atoms with Gasteiger partial charge in [0, 0.05) is 38.8 Å². The monoisotopic (exact) mass is 362 g/mol. The van der Waals surface area contributed by atoms with Crippen LogP contribution in [-0.4, -0.2) is 67.3 Å². The molecule has 1 fully saturated rings. The number of hydrogen-bond donors (Lipinski definition) is 2. The first-order valence-electron chi connectivity index (χ1n) is 8.94.